The number of hydrogen-bond acceptors (Lipinski definition) is 5. The van der Waals surface area contributed by atoms with Crippen molar-refractivity contribution in [3.05, 3.63) is 88.9 Å². The summed E-state index contributed by atoms with van der Waals surface area (Å²) in [6, 6.07) is 15.1. The summed E-state index contributed by atoms with van der Waals surface area (Å²) in [5, 5.41) is 14.9. The number of amides is 4. The molecule has 0 radical (unpaired) electrons. The van der Waals surface area contributed by atoms with E-state index in [9.17, 15) is 19.2 Å². The fourth-order valence-corrected chi connectivity index (χ4v) is 7.43. The Morgan fingerprint density at radius 3 is 2.58 bits per heavy atom. The van der Waals surface area contributed by atoms with Crippen LogP contribution in [0, 0.1) is 25.7 Å². The number of aryl methyl sites for hydroxylation is 2. The first kappa shape index (κ1) is 34.9. The summed E-state index contributed by atoms with van der Waals surface area (Å²) < 4.78 is 1.91. The third kappa shape index (κ3) is 7.93. The fraction of sp³-hybridized carbons (Fsp3) is 0.462. The van der Waals surface area contributed by atoms with Gasteiger partial charge in [-0.05, 0) is 80.3 Å². The lowest BCUT2D eigenvalue weighted by Crippen LogP contribution is -2.55. The van der Waals surface area contributed by atoms with Gasteiger partial charge in [-0.1, -0.05) is 51.1 Å². The first-order valence-electron chi connectivity index (χ1n) is 17.8. The summed E-state index contributed by atoms with van der Waals surface area (Å²) in [5.74, 6) is -0.766. The van der Waals surface area contributed by atoms with Crippen molar-refractivity contribution in [1.82, 2.24) is 35.6 Å². The molecule has 0 unspecified atom stereocenters. The molecule has 0 aliphatic carbocycles. The zero-order valence-electron chi connectivity index (χ0n) is 29.7. The summed E-state index contributed by atoms with van der Waals surface area (Å²) in [5.41, 5.74) is 5.26. The zero-order valence-corrected chi connectivity index (χ0v) is 29.7. The van der Waals surface area contributed by atoms with E-state index < -0.39 is 18.1 Å². The van der Waals surface area contributed by atoms with Gasteiger partial charge in [-0.2, -0.15) is 5.10 Å². The van der Waals surface area contributed by atoms with Crippen LogP contribution >= 0.6 is 0 Å². The smallest absolute Gasteiger partial charge is 0.251 e. The molecule has 4 heterocycles. The van der Waals surface area contributed by atoms with Crippen molar-refractivity contribution >= 4 is 34.5 Å². The molecule has 4 N–H and O–H groups in total. The number of aromatic amines is 1. The molecule has 11 heteroatoms. The first-order chi connectivity index (χ1) is 23.9. The molecule has 264 valence electrons. The van der Waals surface area contributed by atoms with E-state index in [2.05, 4.69) is 39.9 Å². The van der Waals surface area contributed by atoms with Crippen LogP contribution in [0.5, 0.6) is 0 Å². The molecule has 0 spiro atoms. The van der Waals surface area contributed by atoms with Crippen LogP contribution in [0.3, 0.4) is 0 Å². The Balaban J connectivity index is 1.26. The van der Waals surface area contributed by atoms with Gasteiger partial charge in [0.1, 0.15) is 12.1 Å². The Bertz CT molecular complexity index is 1880. The highest BCUT2D eigenvalue weighted by Crippen LogP contribution is 2.26. The number of nitrogens with zero attached hydrogens (tertiary/aromatic N) is 3. The second-order valence-corrected chi connectivity index (χ2v) is 14.6. The van der Waals surface area contributed by atoms with Gasteiger partial charge in [-0.15, -0.1) is 0 Å². The van der Waals surface area contributed by atoms with E-state index in [1.165, 1.54) is 0 Å². The number of fused-ring (bicyclic) bond motifs is 2. The normalized spacial score (nSPS) is 23.5. The van der Waals surface area contributed by atoms with Gasteiger partial charge in [0.05, 0.1) is 12.2 Å². The van der Waals surface area contributed by atoms with Gasteiger partial charge in [0.15, 0.2) is 0 Å². The molecule has 2 aromatic heterocycles. The van der Waals surface area contributed by atoms with Crippen LogP contribution in [0.1, 0.15) is 79.3 Å². The molecule has 5 atom stereocenters. The summed E-state index contributed by atoms with van der Waals surface area (Å²) in [7, 11) is 0. The highest BCUT2D eigenvalue weighted by atomic mass is 16.2. The van der Waals surface area contributed by atoms with Crippen LogP contribution < -0.4 is 16.0 Å². The Morgan fingerprint density at radius 1 is 1.02 bits per heavy atom. The minimum absolute atomic E-state index is 0.0864. The van der Waals surface area contributed by atoms with E-state index in [0.29, 0.717) is 12.1 Å². The second kappa shape index (κ2) is 14.9. The number of para-hydroxylation sites is 1. The molecular weight excluding hydrogens is 630 g/mol. The quantitative estimate of drug-likeness (QED) is 0.229. The maximum atomic E-state index is 14.5. The van der Waals surface area contributed by atoms with Gasteiger partial charge in [0.2, 0.25) is 17.7 Å². The average molecular weight is 680 g/mol. The van der Waals surface area contributed by atoms with E-state index in [0.717, 1.165) is 46.3 Å². The molecule has 4 amide bonds. The number of aromatic nitrogens is 3. The summed E-state index contributed by atoms with van der Waals surface area (Å²) in [4.78, 5) is 60.4. The predicted molar refractivity (Wildman–Crippen MR) is 192 cm³/mol. The van der Waals surface area contributed by atoms with E-state index >= 15 is 0 Å². The molecule has 11 nitrogen and oxygen atoms in total. The van der Waals surface area contributed by atoms with Crippen molar-refractivity contribution in [3.63, 3.8) is 0 Å². The van der Waals surface area contributed by atoms with Gasteiger partial charge in [0, 0.05) is 59.8 Å². The second-order valence-electron chi connectivity index (χ2n) is 14.6. The van der Waals surface area contributed by atoms with Gasteiger partial charge in [0.25, 0.3) is 5.91 Å². The molecule has 2 saturated heterocycles. The Labute approximate surface area is 293 Å². The number of carbonyl (C=O) groups excluding carboxylic acids is 4. The molecule has 2 aliphatic heterocycles. The van der Waals surface area contributed by atoms with Crippen LogP contribution in [-0.4, -0.2) is 74.0 Å². The molecular formula is C39H49N7O4. The van der Waals surface area contributed by atoms with Gasteiger partial charge < -0.3 is 25.8 Å². The lowest BCUT2D eigenvalue weighted by atomic mass is 9.92. The van der Waals surface area contributed by atoms with Crippen LogP contribution in [-0.2, 0) is 27.3 Å². The monoisotopic (exact) mass is 679 g/mol. The van der Waals surface area contributed by atoms with E-state index in [-0.39, 0.29) is 67.3 Å². The maximum absolute atomic E-state index is 14.5. The van der Waals surface area contributed by atoms with Crippen molar-refractivity contribution in [2.45, 2.75) is 97.4 Å². The lowest BCUT2D eigenvalue weighted by Gasteiger charge is -2.30. The van der Waals surface area contributed by atoms with Crippen LogP contribution in [0.2, 0.25) is 0 Å². The third-order valence-electron chi connectivity index (χ3n) is 10.2. The van der Waals surface area contributed by atoms with Crippen molar-refractivity contribution in [2.75, 3.05) is 6.54 Å². The van der Waals surface area contributed by atoms with E-state index in [4.69, 9.17) is 0 Å². The Morgan fingerprint density at radius 2 is 1.82 bits per heavy atom. The third-order valence-corrected chi connectivity index (χ3v) is 10.2. The summed E-state index contributed by atoms with van der Waals surface area (Å²) in [6.45, 7) is 10.8. The highest BCUT2D eigenvalue weighted by molar-refractivity contribution is 5.96. The molecule has 0 saturated carbocycles. The first-order valence-corrected chi connectivity index (χ1v) is 17.8. The number of carbonyl (C=O) groups is 4. The van der Waals surface area contributed by atoms with Crippen LogP contribution in [0.4, 0.5) is 0 Å². The van der Waals surface area contributed by atoms with E-state index in [1.807, 2.05) is 80.2 Å². The molecule has 50 heavy (non-hydrogen) atoms. The maximum Gasteiger partial charge on any atom is 0.251 e. The molecule has 2 aliphatic rings. The SMILES string of the molecule is Cc1cc(C)n(Cc2cccc(C(=O)N[C@@H]3C[C@H]4C(=O)N[C@H](C(C)C)CC[C@@H](C)CC(=O)N[C@H](Cc5c[nH]c6ccccc56)C(=O)N4C3)c2)n1. The molecule has 0 bridgehead atoms. The van der Waals surface area contributed by atoms with Crippen molar-refractivity contribution in [2.24, 2.45) is 11.8 Å². The molecule has 4 aromatic rings. The minimum Gasteiger partial charge on any atom is -0.361 e. The van der Waals surface area contributed by atoms with Crippen LogP contribution in [0.15, 0.2) is 60.8 Å². The van der Waals surface area contributed by atoms with Crippen molar-refractivity contribution in [3.8, 4) is 0 Å². The molecule has 2 aromatic carbocycles. The minimum atomic E-state index is -0.883. The number of nitrogens with one attached hydrogen (secondary N) is 4. The van der Waals surface area contributed by atoms with Crippen molar-refractivity contribution in [1.29, 1.82) is 0 Å². The molecule has 2 fully saturated rings. The average Bonchev–Trinajstić information content (AvgIpc) is 3.78. The number of rotatable bonds is 7. The largest absolute Gasteiger partial charge is 0.361 e. The van der Waals surface area contributed by atoms with Crippen LogP contribution in [0.25, 0.3) is 10.9 Å². The summed E-state index contributed by atoms with van der Waals surface area (Å²) in [6.07, 6.45) is 4.19. The van der Waals surface area contributed by atoms with Crippen molar-refractivity contribution < 1.29 is 19.2 Å². The zero-order chi connectivity index (χ0) is 35.5. The topological polar surface area (TPSA) is 141 Å². The number of benzene rings is 2. The Kier molecular flexibility index (Phi) is 10.4. The Hall–Kier alpha value is -4.93. The number of hydrogen-bond donors (Lipinski definition) is 4. The number of H-pyrrole nitrogens is 1. The van der Waals surface area contributed by atoms with Gasteiger partial charge in [-0.25, -0.2) is 0 Å². The van der Waals surface area contributed by atoms with E-state index in [1.54, 1.807) is 11.0 Å². The highest BCUT2D eigenvalue weighted by Gasteiger charge is 2.43. The summed E-state index contributed by atoms with van der Waals surface area (Å²) >= 11 is 0. The lowest BCUT2D eigenvalue weighted by molar-refractivity contribution is -0.141. The predicted octanol–water partition coefficient (Wildman–Crippen LogP) is 4.42. The van der Waals surface area contributed by atoms with Gasteiger partial charge >= 0.3 is 0 Å². The van der Waals surface area contributed by atoms with Gasteiger partial charge in [-0.3, -0.25) is 23.9 Å². The standard InChI is InChI=1S/C39H49N7O4/c1-23(2)32-14-13-24(3)15-36(47)42-34(18-29-20-40-33-12-7-6-11-31(29)33)39(50)45-22-30(19-35(45)38(49)43-32)41-37(48)28-10-8-9-27(17-28)21-46-26(5)16-25(4)44-46/h6-12,16-17,20,23-24,30,32,34-35,40H,13-15,18-19,21-22H2,1-5H3,(H,41,48)(H,42,47)(H,43,49)/t24-,30-,32+,34-,35+/m1/s1. The fourth-order valence-electron chi connectivity index (χ4n) is 7.43. The molecule has 6 rings (SSSR count).